The summed E-state index contributed by atoms with van der Waals surface area (Å²) in [5.41, 5.74) is 1.88. The summed E-state index contributed by atoms with van der Waals surface area (Å²) < 4.78 is 0. The van der Waals surface area contributed by atoms with E-state index in [2.05, 4.69) is 22.5 Å². The van der Waals surface area contributed by atoms with E-state index >= 15 is 0 Å². The second-order valence-electron chi connectivity index (χ2n) is 4.45. The zero-order valence-corrected chi connectivity index (χ0v) is 12.5. The third-order valence-corrected chi connectivity index (χ3v) is 3.90. The Hall–Kier alpha value is -2.01. The van der Waals surface area contributed by atoms with Gasteiger partial charge in [-0.3, -0.25) is 0 Å². The van der Waals surface area contributed by atoms with Gasteiger partial charge in [-0.15, -0.1) is 11.3 Å². The minimum Gasteiger partial charge on any atom is -0.375 e. The van der Waals surface area contributed by atoms with Crippen LogP contribution in [-0.4, -0.2) is 19.6 Å². The molecule has 1 aromatic carbocycles. The number of carbonyl (C=O) groups excluding carboxylic acids is 1. The first-order valence-corrected chi connectivity index (χ1v) is 7.45. The summed E-state index contributed by atoms with van der Waals surface area (Å²) in [5.74, 6) is 0. The summed E-state index contributed by atoms with van der Waals surface area (Å²) in [4.78, 5) is 15.1. The lowest BCUT2D eigenvalue weighted by atomic mass is 10.2. The van der Waals surface area contributed by atoms with Crippen LogP contribution in [0, 0.1) is 0 Å². The molecular formula is C15H19N3OS. The lowest BCUT2D eigenvalue weighted by Crippen LogP contribution is -2.28. The van der Waals surface area contributed by atoms with Crippen LogP contribution in [0.25, 0.3) is 0 Å². The molecule has 0 aliphatic heterocycles. The molecule has 20 heavy (non-hydrogen) atoms. The molecule has 2 N–H and O–H groups in total. The quantitative estimate of drug-likeness (QED) is 0.884. The maximum absolute atomic E-state index is 11.8. The maximum atomic E-state index is 11.8. The molecule has 0 saturated heterocycles. The van der Waals surface area contributed by atoms with Crippen molar-refractivity contribution in [2.75, 3.05) is 23.8 Å². The van der Waals surface area contributed by atoms with E-state index in [-0.39, 0.29) is 6.03 Å². The van der Waals surface area contributed by atoms with Crippen LogP contribution in [0.2, 0.25) is 0 Å². The van der Waals surface area contributed by atoms with Crippen LogP contribution in [-0.2, 0) is 6.54 Å². The Morgan fingerprint density at radius 2 is 2.15 bits per heavy atom. The second kappa shape index (κ2) is 6.96. The molecule has 0 fully saturated rings. The van der Waals surface area contributed by atoms with Gasteiger partial charge in [-0.1, -0.05) is 12.1 Å². The van der Waals surface area contributed by atoms with Gasteiger partial charge in [0.25, 0.3) is 0 Å². The number of amides is 2. The molecule has 0 spiro atoms. The minimum absolute atomic E-state index is 0.185. The molecule has 2 amide bonds. The Morgan fingerprint density at radius 1 is 1.30 bits per heavy atom. The zero-order chi connectivity index (χ0) is 14.4. The highest BCUT2D eigenvalue weighted by molar-refractivity contribution is 7.09. The average molecular weight is 289 g/mol. The molecule has 2 rings (SSSR count). The highest BCUT2D eigenvalue weighted by Gasteiger charge is 2.04. The van der Waals surface area contributed by atoms with Gasteiger partial charge >= 0.3 is 6.03 Å². The second-order valence-corrected chi connectivity index (χ2v) is 5.48. The molecule has 0 aliphatic rings. The molecule has 0 saturated carbocycles. The van der Waals surface area contributed by atoms with Crippen molar-refractivity contribution in [3.05, 3.63) is 46.7 Å². The van der Waals surface area contributed by atoms with Crippen LogP contribution in [0.3, 0.4) is 0 Å². The average Bonchev–Trinajstić information content (AvgIpc) is 2.98. The van der Waals surface area contributed by atoms with E-state index in [9.17, 15) is 4.79 Å². The largest absolute Gasteiger partial charge is 0.375 e. The van der Waals surface area contributed by atoms with Gasteiger partial charge in [-0.25, -0.2) is 4.79 Å². The Morgan fingerprint density at radius 3 is 2.85 bits per heavy atom. The number of hydrogen-bond donors (Lipinski definition) is 2. The van der Waals surface area contributed by atoms with E-state index in [4.69, 9.17) is 0 Å². The molecule has 1 heterocycles. The highest BCUT2D eigenvalue weighted by atomic mass is 32.1. The van der Waals surface area contributed by atoms with Gasteiger partial charge in [-0.2, -0.15) is 0 Å². The fraction of sp³-hybridized carbons (Fsp3) is 0.267. The first kappa shape index (κ1) is 14.4. The molecule has 0 bridgehead atoms. The Labute approximate surface area is 123 Å². The molecule has 1 aromatic heterocycles. The van der Waals surface area contributed by atoms with Crippen molar-refractivity contribution in [3.63, 3.8) is 0 Å². The van der Waals surface area contributed by atoms with E-state index in [1.54, 1.807) is 11.3 Å². The van der Waals surface area contributed by atoms with Gasteiger partial charge in [0.1, 0.15) is 0 Å². The number of carbonyl (C=O) groups is 1. The van der Waals surface area contributed by atoms with Gasteiger partial charge < -0.3 is 15.5 Å². The minimum atomic E-state index is -0.185. The number of nitrogens with one attached hydrogen (secondary N) is 2. The number of benzene rings is 1. The van der Waals surface area contributed by atoms with Crippen molar-refractivity contribution >= 4 is 28.7 Å². The predicted molar refractivity (Wildman–Crippen MR) is 85.6 cm³/mol. The third-order valence-electron chi connectivity index (χ3n) is 3.02. The molecule has 2 aromatic rings. The topological polar surface area (TPSA) is 44.4 Å². The van der Waals surface area contributed by atoms with Crippen molar-refractivity contribution in [2.45, 2.75) is 13.5 Å². The number of anilines is 2. The van der Waals surface area contributed by atoms with E-state index in [1.807, 2.05) is 48.8 Å². The first-order valence-electron chi connectivity index (χ1n) is 6.57. The van der Waals surface area contributed by atoms with Crippen molar-refractivity contribution in [2.24, 2.45) is 0 Å². The van der Waals surface area contributed by atoms with E-state index in [0.29, 0.717) is 6.54 Å². The lowest BCUT2D eigenvalue weighted by Gasteiger charge is -2.17. The summed E-state index contributed by atoms with van der Waals surface area (Å²) in [7, 11) is 2.02. The van der Waals surface area contributed by atoms with Crippen molar-refractivity contribution < 1.29 is 4.79 Å². The molecule has 0 radical (unpaired) electrons. The number of hydrogen-bond acceptors (Lipinski definition) is 3. The Bertz CT molecular complexity index is 554. The Kier molecular flexibility index (Phi) is 5.01. The van der Waals surface area contributed by atoms with Crippen LogP contribution in [0.5, 0.6) is 0 Å². The van der Waals surface area contributed by atoms with Crippen LogP contribution in [0.1, 0.15) is 11.8 Å². The first-order chi connectivity index (χ1) is 9.69. The van der Waals surface area contributed by atoms with Crippen molar-refractivity contribution in [1.82, 2.24) is 5.32 Å². The van der Waals surface area contributed by atoms with Gasteiger partial charge in [0.2, 0.25) is 0 Å². The standard InChI is InChI=1S/C15H19N3OS/c1-3-18(2)13-7-4-6-12(10-13)17-15(19)16-11-14-8-5-9-20-14/h4-10H,3,11H2,1-2H3,(H2,16,17,19). The van der Waals surface area contributed by atoms with Gasteiger partial charge in [0.05, 0.1) is 6.54 Å². The predicted octanol–water partition coefficient (Wildman–Crippen LogP) is 3.53. The van der Waals surface area contributed by atoms with Gasteiger partial charge in [0, 0.05) is 29.8 Å². The fourth-order valence-electron chi connectivity index (χ4n) is 1.76. The number of rotatable bonds is 5. The van der Waals surface area contributed by atoms with Crippen LogP contribution in [0.15, 0.2) is 41.8 Å². The highest BCUT2D eigenvalue weighted by Crippen LogP contribution is 2.18. The summed E-state index contributed by atoms with van der Waals surface area (Å²) in [5, 5.41) is 7.69. The SMILES string of the molecule is CCN(C)c1cccc(NC(=O)NCc2cccs2)c1. The molecule has 4 nitrogen and oxygen atoms in total. The molecule has 106 valence electrons. The molecule has 5 heteroatoms. The van der Waals surface area contributed by atoms with Crippen molar-refractivity contribution in [3.8, 4) is 0 Å². The molecule has 0 atom stereocenters. The Balaban J connectivity index is 1.90. The number of urea groups is 1. The lowest BCUT2D eigenvalue weighted by molar-refractivity contribution is 0.252. The molecule has 0 unspecified atom stereocenters. The van der Waals surface area contributed by atoms with Gasteiger partial charge in [0.15, 0.2) is 0 Å². The zero-order valence-electron chi connectivity index (χ0n) is 11.7. The van der Waals surface area contributed by atoms with Crippen molar-refractivity contribution in [1.29, 1.82) is 0 Å². The van der Waals surface area contributed by atoms with E-state index in [0.717, 1.165) is 22.8 Å². The number of nitrogens with zero attached hydrogens (tertiary/aromatic N) is 1. The van der Waals surface area contributed by atoms with E-state index < -0.39 is 0 Å². The van der Waals surface area contributed by atoms with Crippen LogP contribution in [0.4, 0.5) is 16.2 Å². The normalized spacial score (nSPS) is 10.1. The van der Waals surface area contributed by atoms with Crippen LogP contribution < -0.4 is 15.5 Å². The summed E-state index contributed by atoms with van der Waals surface area (Å²) in [6, 6.07) is 11.6. The smallest absolute Gasteiger partial charge is 0.319 e. The monoisotopic (exact) mass is 289 g/mol. The molecular weight excluding hydrogens is 270 g/mol. The van der Waals surface area contributed by atoms with Crippen LogP contribution >= 0.6 is 11.3 Å². The number of thiophene rings is 1. The summed E-state index contributed by atoms with van der Waals surface area (Å²) in [6.45, 7) is 3.57. The summed E-state index contributed by atoms with van der Waals surface area (Å²) in [6.07, 6.45) is 0. The third kappa shape index (κ3) is 3.99. The van der Waals surface area contributed by atoms with Gasteiger partial charge in [-0.05, 0) is 36.6 Å². The molecule has 0 aliphatic carbocycles. The maximum Gasteiger partial charge on any atom is 0.319 e. The van der Waals surface area contributed by atoms with E-state index in [1.165, 1.54) is 0 Å². The summed E-state index contributed by atoms with van der Waals surface area (Å²) >= 11 is 1.63. The fourth-order valence-corrected chi connectivity index (χ4v) is 2.40.